The lowest BCUT2D eigenvalue weighted by Gasteiger charge is -2.32. The molecule has 2 aromatic rings. The van der Waals surface area contributed by atoms with Crippen molar-refractivity contribution in [2.75, 3.05) is 45.7 Å². The first-order valence-corrected chi connectivity index (χ1v) is 9.65. The highest BCUT2D eigenvalue weighted by atomic mass is 16.5. The van der Waals surface area contributed by atoms with Crippen LogP contribution in [0, 0.1) is 18.8 Å². The lowest BCUT2D eigenvalue weighted by molar-refractivity contribution is 0.159. The Balaban J connectivity index is 1.62. The number of benzene rings is 1. The van der Waals surface area contributed by atoms with E-state index < -0.39 is 0 Å². The van der Waals surface area contributed by atoms with Crippen LogP contribution in [-0.4, -0.2) is 66.9 Å². The van der Waals surface area contributed by atoms with Crippen LogP contribution in [0.2, 0.25) is 0 Å². The number of amides is 2. The average Bonchev–Trinajstić information content (AvgIpc) is 3.26. The average molecular weight is 381 g/mol. The van der Waals surface area contributed by atoms with Crippen LogP contribution in [0.4, 0.5) is 10.6 Å². The summed E-state index contributed by atoms with van der Waals surface area (Å²) in [6.07, 6.45) is 0. The monoisotopic (exact) mass is 381 g/mol. The predicted molar refractivity (Wildman–Crippen MR) is 107 cm³/mol. The second-order valence-electron chi connectivity index (χ2n) is 7.91. The SMILES string of the molecule is COc1ccc([C@H]2[C@@H]3CN(c4ccc(C)nn4)C[C@@H]3CN2C(=O)N(C)C)cc1. The standard InChI is InChI=1S/C21H27N5O2/c1-14-5-10-19(23-22-14)25-11-16-12-26(21(27)24(2)3)20(18(16)13-25)15-6-8-17(28-4)9-7-15/h5-10,16,18,20H,11-13H2,1-4H3/t16-,18-,20+/m1/s1. The molecule has 4 rings (SSSR count). The molecule has 1 aromatic heterocycles. The number of carbonyl (C=O) groups is 1. The van der Waals surface area contributed by atoms with Crippen molar-refractivity contribution in [1.29, 1.82) is 0 Å². The molecule has 148 valence electrons. The molecule has 3 atom stereocenters. The van der Waals surface area contributed by atoms with E-state index in [1.165, 1.54) is 0 Å². The molecule has 1 aromatic carbocycles. The third-order valence-electron chi connectivity index (χ3n) is 5.86. The van der Waals surface area contributed by atoms with E-state index in [1.54, 1.807) is 12.0 Å². The molecular weight excluding hydrogens is 354 g/mol. The van der Waals surface area contributed by atoms with E-state index in [0.717, 1.165) is 42.5 Å². The van der Waals surface area contributed by atoms with Crippen LogP contribution >= 0.6 is 0 Å². The molecule has 0 saturated carbocycles. The highest BCUT2D eigenvalue weighted by Gasteiger charge is 2.49. The molecule has 2 aliphatic heterocycles. The van der Waals surface area contributed by atoms with Crippen LogP contribution in [0.25, 0.3) is 0 Å². The number of hydrogen-bond acceptors (Lipinski definition) is 5. The highest BCUT2D eigenvalue weighted by molar-refractivity contribution is 5.75. The Morgan fingerprint density at radius 1 is 1.07 bits per heavy atom. The minimum atomic E-state index is 0.0502. The highest BCUT2D eigenvalue weighted by Crippen LogP contribution is 2.46. The number of nitrogens with zero attached hydrogens (tertiary/aromatic N) is 5. The molecular formula is C21H27N5O2. The van der Waals surface area contributed by atoms with E-state index >= 15 is 0 Å². The fourth-order valence-electron chi connectivity index (χ4n) is 4.47. The smallest absolute Gasteiger partial charge is 0.320 e. The van der Waals surface area contributed by atoms with Crippen LogP contribution in [-0.2, 0) is 0 Å². The van der Waals surface area contributed by atoms with E-state index in [-0.39, 0.29) is 12.1 Å². The van der Waals surface area contributed by atoms with Gasteiger partial charge in [-0.25, -0.2) is 4.79 Å². The Morgan fingerprint density at radius 2 is 1.82 bits per heavy atom. The number of aryl methyl sites for hydroxylation is 1. The van der Waals surface area contributed by atoms with Gasteiger partial charge in [0.25, 0.3) is 0 Å². The van der Waals surface area contributed by atoms with Crippen molar-refractivity contribution >= 4 is 11.8 Å². The quantitative estimate of drug-likeness (QED) is 0.818. The molecule has 0 spiro atoms. The number of anilines is 1. The number of fused-ring (bicyclic) bond motifs is 1. The number of methoxy groups -OCH3 is 1. The van der Waals surface area contributed by atoms with Crippen molar-refractivity contribution in [3.8, 4) is 5.75 Å². The summed E-state index contributed by atoms with van der Waals surface area (Å²) in [5.74, 6) is 2.52. The van der Waals surface area contributed by atoms with Gasteiger partial charge in [-0.3, -0.25) is 0 Å². The minimum Gasteiger partial charge on any atom is -0.497 e. The van der Waals surface area contributed by atoms with Crippen molar-refractivity contribution in [2.24, 2.45) is 11.8 Å². The number of ether oxygens (including phenoxy) is 1. The van der Waals surface area contributed by atoms with Crippen LogP contribution < -0.4 is 9.64 Å². The van der Waals surface area contributed by atoms with Crippen molar-refractivity contribution in [2.45, 2.75) is 13.0 Å². The molecule has 2 saturated heterocycles. The summed E-state index contributed by atoms with van der Waals surface area (Å²) in [7, 11) is 5.30. The Hall–Kier alpha value is -2.83. The Bertz CT molecular complexity index is 837. The number of carbonyl (C=O) groups excluding carboxylic acids is 1. The maximum absolute atomic E-state index is 12.9. The Labute approximate surface area is 165 Å². The van der Waals surface area contributed by atoms with Crippen molar-refractivity contribution in [1.82, 2.24) is 20.0 Å². The summed E-state index contributed by atoms with van der Waals surface area (Å²) in [5, 5.41) is 8.56. The zero-order valence-corrected chi connectivity index (χ0v) is 16.9. The number of aromatic nitrogens is 2. The fourth-order valence-corrected chi connectivity index (χ4v) is 4.47. The van der Waals surface area contributed by atoms with Gasteiger partial charge < -0.3 is 19.4 Å². The third kappa shape index (κ3) is 3.25. The summed E-state index contributed by atoms with van der Waals surface area (Å²) in [5.41, 5.74) is 2.07. The zero-order chi connectivity index (χ0) is 19.8. The normalized spacial score (nSPS) is 23.6. The minimum absolute atomic E-state index is 0.0502. The molecule has 7 heteroatoms. The van der Waals surface area contributed by atoms with Crippen molar-refractivity contribution in [3.05, 3.63) is 47.7 Å². The largest absolute Gasteiger partial charge is 0.497 e. The molecule has 28 heavy (non-hydrogen) atoms. The molecule has 0 radical (unpaired) electrons. The molecule has 0 unspecified atom stereocenters. The molecule has 2 fully saturated rings. The second-order valence-corrected chi connectivity index (χ2v) is 7.91. The van der Waals surface area contributed by atoms with Gasteiger partial charge in [-0.05, 0) is 36.8 Å². The summed E-state index contributed by atoms with van der Waals surface area (Å²) >= 11 is 0. The summed E-state index contributed by atoms with van der Waals surface area (Å²) in [4.78, 5) is 18.9. The fraction of sp³-hybridized carbons (Fsp3) is 0.476. The van der Waals surface area contributed by atoms with Crippen LogP contribution in [0.3, 0.4) is 0 Å². The van der Waals surface area contributed by atoms with Gasteiger partial charge >= 0.3 is 6.03 Å². The number of hydrogen-bond donors (Lipinski definition) is 0. The molecule has 2 amide bonds. The maximum atomic E-state index is 12.9. The van der Waals surface area contributed by atoms with Crippen molar-refractivity contribution in [3.63, 3.8) is 0 Å². The summed E-state index contributed by atoms with van der Waals surface area (Å²) in [6.45, 7) is 4.47. The van der Waals surface area contributed by atoms with E-state index in [2.05, 4.69) is 27.2 Å². The summed E-state index contributed by atoms with van der Waals surface area (Å²) < 4.78 is 5.30. The van der Waals surface area contributed by atoms with Gasteiger partial charge in [0.05, 0.1) is 18.8 Å². The predicted octanol–water partition coefficient (Wildman–Crippen LogP) is 2.58. The van der Waals surface area contributed by atoms with Crippen LogP contribution in [0.15, 0.2) is 36.4 Å². The lowest BCUT2D eigenvalue weighted by Crippen LogP contribution is -2.41. The van der Waals surface area contributed by atoms with E-state index in [1.807, 2.05) is 50.2 Å². The number of rotatable bonds is 3. The Kier molecular flexibility index (Phi) is 4.83. The summed E-state index contributed by atoms with van der Waals surface area (Å²) in [6, 6.07) is 12.3. The first-order valence-electron chi connectivity index (χ1n) is 9.65. The third-order valence-corrected chi connectivity index (χ3v) is 5.86. The lowest BCUT2D eigenvalue weighted by atomic mass is 9.89. The number of likely N-dealkylation sites (tertiary alicyclic amines) is 1. The second kappa shape index (κ2) is 7.30. The molecule has 0 N–H and O–H groups in total. The van der Waals surface area contributed by atoms with Gasteiger partial charge in [0.1, 0.15) is 5.75 Å². The van der Waals surface area contributed by atoms with Gasteiger partial charge in [0.2, 0.25) is 0 Å². The molecule has 3 heterocycles. The Morgan fingerprint density at radius 3 is 2.43 bits per heavy atom. The molecule has 0 aliphatic carbocycles. The van der Waals surface area contributed by atoms with Gasteiger partial charge in [0, 0.05) is 45.6 Å². The van der Waals surface area contributed by atoms with Gasteiger partial charge in [-0.2, -0.15) is 5.10 Å². The molecule has 7 nitrogen and oxygen atoms in total. The first kappa shape index (κ1) is 18.5. The molecule has 0 bridgehead atoms. The van der Waals surface area contributed by atoms with Crippen LogP contribution in [0.5, 0.6) is 5.75 Å². The van der Waals surface area contributed by atoms with E-state index in [9.17, 15) is 4.79 Å². The van der Waals surface area contributed by atoms with Crippen LogP contribution in [0.1, 0.15) is 17.3 Å². The topological polar surface area (TPSA) is 61.8 Å². The van der Waals surface area contributed by atoms with E-state index in [4.69, 9.17) is 4.74 Å². The molecule has 2 aliphatic rings. The van der Waals surface area contributed by atoms with Gasteiger partial charge in [-0.15, -0.1) is 5.10 Å². The van der Waals surface area contributed by atoms with E-state index in [0.29, 0.717) is 11.8 Å². The zero-order valence-electron chi connectivity index (χ0n) is 16.9. The van der Waals surface area contributed by atoms with Gasteiger partial charge in [0.15, 0.2) is 5.82 Å². The van der Waals surface area contributed by atoms with Crippen molar-refractivity contribution < 1.29 is 9.53 Å². The van der Waals surface area contributed by atoms with Gasteiger partial charge in [-0.1, -0.05) is 12.1 Å². The maximum Gasteiger partial charge on any atom is 0.320 e. The first-order chi connectivity index (χ1) is 13.5. The number of urea groups is 1.